The van der Waals surface area contributed by atoms with Gasteiger partial charge >= 0.3 is 0 Å². The molecule has 0 radical (unpaired) electrons. The van der Waals surface area contributed by atoms with E-state index in [1.54, 1.807) is 12.1 Å². The van der Waals surface area contributed by atoms with Gasteiger partial charge in [0.05, 0.1) is 13.2 Å². The maximum absolute atomic E-state index is 13.5. The molecule has 2 aromatic carbocycles. The van der Waals surface area contributed by atoms with E-state index in [2.05, 4.69) is 0 Å². The molecule has 31 heavy (non-hydrogen) atoms. The fourth-order valence-corrected chi connectivity index (χ4v) is 4.03. The zero-order valence-corrected chi connectivity index (χ0v) is 17.7. The van der Waals surface area contributed by atoms with E-state index in [1.807, 2.05) is 43.3 Å². The number of carbonyl (C=O) groups excluding carboxylic acids is 2. The van der Waals surface area contributed by atoms with Crippen LogP contribution in [0.15, 0.2) is 53.5 Å². The third-order valence-corrected chi connectivity index (χ3v) is 5.84. The number of benzene rings is 2. The first-order chi connectivity index (χ1) is 14.9. The highest BCUT2D eigenvalue weighted by Gasteiger charge is 2.54. The van der Waals surface area contributed by atoms with E-state index in [9.17, 15) is 9.59 Å². The number of ether oxygens (including phenoxy) is 2. The Morgan fingerprint density at radius 1 is 1.23 bits per heavy atom. The van der Waals surface area contributed by atoms with Crippen molar-refractivity contribution < 1.29 is 24.2 Å². The van der Waals surface area contributed by atoms with E-state index in [-0.39, 0.29) is 25.0 Å². The second-order valence-corrected chi connectivity index (χ2v) is 7.91. The van der Waals surface area contributed by atoms with Gasteiger partial charge in [-0.3, -0.25) is 14.5 Å². The maximum Gasteiger partial charge on any atom is 0.261 e. The average molecular weight is 422 g/mol. The van der Waals surface area contributed by atoms with Crippen LogP contribution in [0.3, 0.4) is 0 Å². The molecule has 0 aliphatic carbocycles. The summed E-state index contributed by atoms with van der Waals surface area (Å²) in [5.74, 6) is 0.426. The Kier molecular flexibility index (Phi) is 5.78. The zero-order valence-electron chi connectivity index (χ0n) is 17.7. The van der Waals surface area contributed by atoms with E-state index in [0.717, 1.165) is 16.7 Å². The van der Waals surface area contributed by atoms with Gasteiger partial charge in [0.15, 0.2) is 5.54 Å². The second kappa shape index (κ2) is 8.51. The van der Waals surface area contributed by atoms with Crippen LogP contribution in [0.25, 0.3) is 0 Å². The molecule has 0 saturated heterocycles. The number of imide groups is 1. The van der Waals surface area contributed by atoms with Gasteiger partial charge in [0.25, 0.3) is 5.91 Å². The van der Waals surface area contributed by atoms with Crippen LogP contribution in [-0.4, -0.2) is 52.6 Å². The third-order valence-electron chi connectivity index (χ3n) is 5.84. The second-order valence-electron chi connectivity index (χ2n) is 7.91. The first-order valence-corrected chi connectivity index (χ1v) is 10.4. The Hall–Kier alpha value is -3.19. The highest BCUT2D eigenvalue weighted by atomic mass is 16.5. The first kappa shape index (κ1) is 21.1. The van der Waals surface area contributed by atoms with Gasteiger partial charge in [-0.05, 0) is 42.3 Å². The molecule has 2 amide bonds. The number of nitrogens with zero attached hydrogens (tertiary/aromatic N) is 2. The lowest BCUT2D eigenvalue weighted by atomic mass is 9.85. The molecule has 7 nitrogen and oxygen atoms in total. The van der Waals surface area contributed by atoms with Crippen molar-refractivity contribution in [2.24, 2.45) is 4.99 Å². The Morgan fingerprint density at radius 2 is 1.94 bits per heavy atom. The van der Waals surface area contributed by atoms with Gasteiger partial charge in [-0.25, -0.2) is 4.99 Å². The number of hydrogen-bond donors (Lipinski definition) is 1. The van der Waals surface area contributed by atoms with Gasteiger partial charge in [-0.1, -0.05) is 24.3 Å². The van der Waals surface area contributed by atoms with Crippen LogP contribution in [-0.2, 0) is 27.3 Å². The monoisotopic (exact) mass is 422 g/mol. The summed E-state index contributed by atoms with van der Waals surface area (Å²) in [6.07, 6.45) is 0.413. The van der Waals surface area contributed by atoms with E-state index in [4.69, 9.17) is 19.6 Å². The average Bonchev–Trinajstić information content (AvgIpc) is 3.03. The molecule has 2 aliphatic rings. The molecule has 2 aliphatic heterocycles. The maximum atomic E-state index is 13.5. The minimum absolute atomic E-state index is 0.0805. The number of carbonyl (C=O) groups is 2. The fraction of sp³-hybridized carbons (Fsp3) is 0.375. The topological polar surface area (TPSA) is 88.4 Å². The molecule has 162 valence electrons. The van der Waals surface area contributed by atoms with Crippen molar-refractivity contribution in [1.29, 1.82) is 0 Å². The standard InChI is InChI=1S/C24H26N2O5/c1-16-24(14-19-6-3-4-7-20(19)15-26(17(2)28)23(24)29)25-22(31-16)18-8-10-21(11-9-18)30-13-5-12-27/h3-4,6-11,16,27H,5,12-15H2,1-2H3/t16-,24-/m1/s1. The molecule has 7 heteroatoms. The molecule has 1 spiro atoms. The normalized spacial score (nSPS) is 22.5. The van der Waals surface area contributed by atoms with Crippen LogP contribution in [0.2, 0.25) is 0 Å². The fourth-order valence-electron chi connectivity index (χ4n) is 4.03. The summed E-state index contributed by atoms with van der Waals surface area (Å²) in [4.78, 5) is 31.9. The summed E-state index contributed by atoms with van der Waals surface area (Å²) >= 11 is 0. The van der Waals surface area contributed by atoms with Gasteiger partial charge in [-0.15, -0.1) is 0 Å². The molecule has 2 heterocycles. The van der Waals surface area contributed by atoms with Crippen molar-refractivity contribution in [3.63, 3.8) is 0 Å². The Labute approximate surface area is 181 Å². The molecule has 0 aromatic heterocycles. The predicted octanol–water partition coefficient (Wildman–Crippen LogP) is 2.48. The molecular formula is C24H26N2O5. The Morgan fingerprint density at radius 3 is 2.61 bits per heavy atom. The largest absolute Gasteiger partial charge is 0.494 e. The van der Waals surface area contributed by atoms with E-state index < -0.39 is 11.6 Å². The summed E-state index contributed by atoms with van der Waals surface area (Å²) in [7, 11) is 0. The number of aliphatic hydroxyl groups is 1. The lowest BCUT2D eigenvalue weighted by Crippen LogP contribution is -2.53. The lowest BCUT2D eigenvalue weighted by Gasteiger charge is -2.29. The van der Waals surface area contributed by atoms with Crippen LogP contribution in [0, 0.1) is 0 Å². The Bertz CT molecular complexity index is 1020. The van der Waals surface area contributed by atoms with Crippen LogP contribution >= 0.6 is 0 Å². The molecule has 4 rings (SSSR count). The van der Waals surface area contributed by atoms with Gasteiger partial charge < -0.3 is 14.6 Å². The molecule has 0 bridgehead atoms. The van der Waals surface area contributed by atoms with Crippen LogP contribution in [0.5, 0.6) is 5.75 Å². The van der Waals surface area contributed by atoms with Crippen molar-refractivity contribution in [1.82, 2.24) is 4.90 Å². The Balaban J connectivity index is 1.68. The highest BCUT2D eigenvalue weighted by Crippen LogP contribution is 2.37. The van der Waals surface area contributed by atoms with Crippen LogP contribution in [0.4, 0.5) is 0 Å². The molecule has 0 fully saturated rings. The van der Waals surface area contributed by atoms with Crippen LogP contribution in [0.1, 0.15) is 37.0 Å². The lowest BCUT2D eigenvalue weighted by molar-refractivity contribution is -0.149. The summed E-state index contributed by atoms with van der Waals surface area (Å²) < 4.78 is 11.6. The SMILES string of the molecule is CC(=O)N1Cc2ccccc2C[C@]2(N=C(c3ccc(OCCCO)cc3)O[C@@H]2C)C1=O. The molecular weight excluding hydrogens is 396 g/mol. The number of aliphatic hydroxyl groups excluding tert-OH is 1. The van der Waals surface area contributed by atoms with Gasteiger partial charge in [-0.2, -0.15) is 0 Å². The van der Waals surface area contributed by atoms with Gasteiger partial charge in [0, 0.05) is 31.9 Å². The van der Waals surface area contributed by atoms with Crippen LogP contribution < -0.4 is 4.74 Å². The first-order valence-electron chi connectivity index (χ1n) is 10.4. The molecule has 2 aromatic rings. The molecule has 0 unspecified atom stereocenters. The van der Waals surface area contributed by atoms with Crippen molar-refractivity contribution in [2.75, 3.05) is 13.2 Å². The van der Waals surface area contributed by atoms with E-state index in [1.165, 1.54) is 11.8 Å². The number of aliphatic imine (C=N–C) groups is 1. The third kappa shape index (κ3) is 3.93. The van der Waals surface area contributed by atoms with E-state index in [0.29, 0.717) is 31.1 Å². The van der Waals surface area contributed by atoms with Crippen molar-refractivity contribution in [2.45, 2.75) is 44.9 Å². The van der Waals surface area contributed by atoms with Crippen molar-refractivity contribution >= 4 is 17.7 Å². The summed E-state index contributed by atoms with van der Waals surface area (Å²) in [5.41, 5.74) is 1.48. The zero-order chi connectivity index (χ0) is 22.0. The van der Waals surface area contributed by atoms with Crippen molar-refractivity contribution in [3.05, 3.63) is 65.2 Å². The number of rotatable bonds is 5. The highest BCUT2D eigenvalue weighted by molar-refractivity contribution is 6.05. The minimum atomic E-state index is -1.19. The number of hydrogen-bond acceptors (Lipinski definition) is 6. The van der Waals surface area contributed by atoms with Gasteiger partial charge in [0.1, 0.15) is 11.9 Å². The smallest absolute Gasteiger partial charge is 0.261 e. The van der Waals surface area contributed by atoms with Gasteiger partial charge in [0.2, 0.25) is 11.8 Å². The minimum Gasteiger partial charge on any atom is -0.494 e. The predicted molar refractivity (Wildman–Crippen MR) is 115 cm³/mol. The van der Waals surface area contributed by atoms with E-state index >= 15 is 0 Å². The molecule has 1 N–H and O–H groups in total. The summed E-state index contributed by atoms with van der Waals surface area (Å²) in [5, 5.41) is 8.87. The van der Waals surface area contributed by atoms with Crippen molar-refractivity contribution in [3.8, 4) is 5.75 Å². The summed E-state index contributed by atoms with van der Waals surface area (Å²) in [6.45, 7) is 3.98. The molecule has 2 atom stereocenters. The molecule has 0 saturated carbocycles. The quantitative estimate of drug-likeness (QED) is 0.748. The summed E-state index contributed by atoms with van der Waals surface area (Å²) in [6, 6.07) is 15.0. The number of amides is 2. The number of fused-ring (bicyclic) bond motifs is 1.